The molecule has 0 spiro atoms. The first kappa shape index (κ1) is 28.0. The predicted molar refractivity (Wildman–Crippen MR) is 141 cm³/mol. The van der Waals surface area contributed by atoms with E-state index in [4.69, 9.17) is 18.4 Å². The minimum atomic E-state index is -2.32. The molecule has 11 heteroatoms. The molecular weight excluding hydrogens is 498 g/mol. The second kappa shape index (κ2) is 10.8. The lowest BCUT2D eigenvalue weighted by Crippen LogP contribution is -2.48. The first-order valence-corrected chi connectivity index (χ1v) is 16.1. The predicted octanol–water partition coefficient (Wildman–Crippen LogP) is 4.98. The number of benzene rings is 1. The number of hydrogen-bond acceptors (Lipinski definition) is 9. The summed E-state index contributed by atoms with van der Waals surface area (Å²) in [6.45, 7) is 16.4. The zero-order chi connectivity index (χ0) is 26.8. The van der Waals surface area contributed by atoms with Crippen molar-refractivity contribution in [1.82, 2.24) is 15.5 Å². The van der Waals surface area contributed by atoms with Crippen LogP contribution in [0.5, 0.6) is 11.5 Å². The molecule has 1 aliphatic rings. The van der Waals surface area contributed by atoms with Crippen molar-refractivity contribution in [2.24, 2.45) is 5.92 Å². The maximum absolute atomic E-state index is 13.3. The van der Waals surface area contributed by atoms with Gasteiger partial charge in [0.15, 0.2) is 12.4 Å². The molecule has 198 valence electrons. The molecule has 0 unspecified atom stereocenters. The average Bonchev–Trinajstić information content (AvgIpc) is 3.22. The highest BCUT2D eigenvalue weighted by Crippen LogP contribution is 2.47. The van der Waals surface area contributed by atoms with Crippen LogP contribution in [0.1, 0.15) is 66.9 Å². The Morgan fingerprint density at radius 2 is 1.92 bits per heavy atom. The van der Waals surface area contributed by atoms with Crippen molar-refractivity contribution in [2.75, 3.05) is 19.5 Å². The summed E-state index contributed by atoms with van der Waals surface area (Å²) in [5.41, 5.74) is 1.76. The summed E-state index contributed by atoms with van der Waals surface area (Å²) in [6.07, 6.45) is 0. The number of carbonyl (C=O) groups excluding carboxylic acids is 2. The number of esters is 1. The van der Waals surface area contributed by atoms with E-state index in [2.05, 4.69) is 56.2 Å². The van der Waals surface area contributed by atoms with Crippen molar-refractivity contribution in [1.29, 1.82) is 0 Å². The summed E-state index contributed by atoms with van der Waals surface area (Å²) in [7, 11) is -0.757. The SMILES string of the molecule is COc1cc(O[Si](C)(C)C(C)(C)C(C)C)c2c(c1C)C(=O)OCC(=O)N[C@H](c1nc(C)no1)CSC2. The number of cyclic esters (lactones) is 1. The molecule has 1 aliphatic heterocycles. The molecular formula is C25H37N3O6SSi. The molecule has 0 aliphatic carbocycles. The number of ether oxygens (including phenoxy) is 2. The quantitative estimate of drug-likeness (QED) is 0.404. The van der Waals surface area contributed by atoms with Gasteiger partial charge in [0.2, 0.25) is 5.89 Å². The molecule has 1 N–H and O–H groups in total. The molecule has 1 amide bonds. The van der Waals surface area contributed by atoms with Gasteiger partial charge in [0.25, 0.3) is 14.2 Å². The van der Waals surface area contributed by atoms with Crippen molar-refractivity contribution < 1.29 is 28.0 Å². The van der Waals surface area contributed by atoms with Crippen molar-refractivity contribution in [3.8, 4) is 11.5 Å². The smallest absolute Gasteiger partial charge is 0.339 e. The number of aryl methyl sites for hydroxylation is 1. The molecule has 0 bridgehead atoms. The highest BCUT2D eigenvalue weighted by atomic mass is 32.2. The van der Waals surface area contributed by atoms with E-state index >= 15 is 0 Å². The Bertz CT molecular complexity index is 1130. The summed E-state index contributed by atoms with van der Waals surface area (Å²) in [4.78, 5) is 30.1. The van der Waals surface area contributed by atoms with Crippen molar-refractivity contribution in [2.45, 2.75) is 71.5 Å². The molecule has 1 atom stereocenters. The molecule has 0 radical (unpaired) electrons. The fourth-order valence-electron chi connectivity index (χ4n) is 3.96. The Morgan fingerprint density at radius 3 is 2.50 bits per heavy atom. The lowest BCUT2D eigenvalue weighted by Gasteiger charge is -2.43. The molecule has 2 heterocycles. The van der Waals surface area contributed by atoms with Gasteiger partial charge >= 0.3 is 5.97 Å². The van der Waals surface area contributed by atoms with Crippen molar-refractivity contribution in [3.63, 3.8) is 0 Å². The van der Waals surface area contributed by atoms with Gasteiger partial charge in [-0.2, -0.15) is 16.7 Å². The molecule has 3 rings (SSSR count). The number of rotatable bonds is 6. The second-order valence-corrected chi connectivity index (χ2v) is 16.0. The lowest BCUT2D eigenvalue weighted by molar-refractivity contribution is -0.125. The number of carbonyl (C=O) groups is 2. The van der Waals surface area contributed by atoms with Crippen LogP contribution in [0.25, 0.3) is 0 Å². The van der Waals surface area contributed by atoms with Gasteiger partial charge in [-0.3, -0.25) is 4.79 Å². The maximum Gasteiger partial charge on any atom is 0.339 e. The van der Waals surface area contributed by atoms with Crippen molar-refractivity contribution in [3.05, 3.63) is 34.5 Å². The molecule has 1 aromatic heterocycles. The molecule has 2 aromatic rings. The zero-order valence-corrected chi connectivity index (χ0v) is 24.4. The highest BCUT2D eigenvalue weighted by molar-refractivity contribution is 7.98. The largest absolute Gasteiger partial charge is 0.543 e. The van der Waals surface area contributed by atoms with Crippen LogP contribution < -0.4 is 14.5 Å². The molecule has 9 nitrogen and oxygen atoms in total. The standard InChI is InChI=1S/C25H37N3O6SSi/c1-14(2)25(5,6)36(8,9)34-20-10-19(31-7)15(3)22-17(20)12-35-13-18(23-26-16(4)28-33-23)27-21(29)11-32-24(22)30/h10,14,18H,11-13H2,1-9H3,(H,27,29)/t18-/m0/s1. The van der Waals surface area contributed by atoms with E-state index in [1.807, 2.05) is 13.0 Å². The number of methoxy groups -OCH3 is 1. The van der Waals surface area contributed by atoms with E-state index in [-0.39, 0.29) is 5.04 Å². The van der Waals surface area contributed by atoms with Gasteiger partial charge in [-0.1, -0.05) is 32.9 Å². The zero-order valence-electron chi connectivity index (χ0n) is 22.6. The third-order valence-corrected chi connectivity index (χ3v) is 12.9. The number of thioether (sulfide) groups is 1. The fourth-order valence-corrected chi connectivity index (χ4v) is 7.41. The van der Waals surface area contributed by atoms with Gasteiger partial charge in [-0.15, -0.1) is 0 Å². The molecule has 0 saturated carbocycles. The van der Waals surface area contributed by atoms with Crippen LogP contribution >= 0.6 is 11.8 Å². The Balaban J connectivity index is 2.08. The second-order valence-electron chi connectivity index (χ2n) is 10.4. The number of amides is 1. The van der Waals surface area contributed by atoms with Gasteiger partial charge < -0.3 is 23.7 Å². The fraction of sp³-hybridized carbons (Fsp3) is 0.600. The average molecular weight is 536 g/mol. The summed E-state index contributed by atoms with van der Waals surface area (Å²) >= 11 is 1.54. The molecule has 1 aromatic carbocycles. The Kier molecular flexibility index (Phi) is 8.44. The Labute approximate surface area is 218 Å². The van der Waals surface area contributed by atoms with Crippen molar-refractivity contribution >= 4 is 32.0 Å². The Morgan fingerprint density at radius 1 is 1.22 bits per heavy atom. The van der Waals surface area contributed by atoms with Crippen LogP contribution in [-0.4, -0.2) is 49.8 Å². The first-order chi connectivity index (χ1) is 16.8. The van der Waals surface area contributed by atoms with E-state index in [1.165, 1.54) is 0 Å². The third-order valence-electron chi connectivity index (χ3n) is 7.43. The van der Waals surface area contributed by atoms with Gasteiger partial charge in [0.1, 0.15) is 17.5 Å². The minimum Gasteiger partial charge on any atom is -0.543 e. The van der Waals surface area contributed by atoms with Gasteiger partial charge in [-0.25, -0.2) is 4.79 Å². The number of aromatic nitrogens is 2. The normalized spacial score (nSPS) is 17.7. The number of nitrogens with zero attached hydrogens (tertiary/aromatic N) is 2. The molecule has 0 saturated heterocycles. The van der Waals surface area contributed by atoms with E-state index in [9.17, 15) is 9.59 Å². The Hall–Kier alpha value is -2.53. The van der Waals surface area contributed by atoms with Gasteiger partial charge in [0.05, 0.1) is 12.7 Å². The minimum absolute atomic E-state index is 0.0453. The van der Waals surface area contributed by atoms with E-state index in [0.717, 1.165) is 5.56 Å². The monoisotopic (exact) mass is 535 g/mol. The van der Waals surface area contributed by atoms with E-state index in [1.54, 1.807) is 25.8 Å². The molecule has 36 heavy (non-hydrogen) atoms. The number of hydrogen-bond donors (Lipinski definition) is 1. The molecule has 0 fully saturated rings. The van der Waals surface area contributed by atoms with Crippen LogP contribution in [0.3, 0.4) is 0 Å². The number of nitrogens with one attached hydrogen (secondary N) is 1. The topological polar surface area (TPSA) is 113 Å². The summed E-state index contributed by atoms with van der Waals surface area (Å²) in [5, 5.41) is 6.63. The number of fused-ring (bicyclic) bond motifs is 1. The summed E-state index contributed by atoms with van der Waals surface area (Å²) in [5.74, 6) is 2.23. The van der Waals surface area contributed by atoms with E-state index in [0.29, 0.717) is 51.8 Å². The maximum atomic E-state index is 13.3. The van der Waals surface area contributed by atoms with Crippen LogP contribution in [0.4, 0.5) is 0 Å². The van der Waals surface area contributed by atoms with E-state index < -0.39 is 32.8 Å². The summed E-state index contributed by atoms with van der Waals surface area (Å²) in [6, 6.07) is 1.35. The first-order valence-electron chi connectivity index (χ1n) is 12.0. The van der Waals surface area contributed by atoms with Crippen LogP contribution in [-0.2, 0) is 15.3 Å². The van der Waals surface area contributed by atoms with Crippen LogP contribution in [0.15, 0.2) is 10.6 Å². The summed E-state index contributed by atoms with van der Waals surface area (Å²) < 4.78 is 23.2. The van der Waals surface area contributed by atoms with Gasteiger partial charge in [-0.05, 0) is 37.9 Å². The third kappa shape index (κ3) is 5.72. The van der Waals surface area contributed by atoms with Crippen LogP contribution in [0, 0.1) is 19.8 Å². The van der Waals surface area contributed by atoms with Crippen LogP contribution in [0.2, 0.25) is 18.1 Å². The lowest BCUT2D eigenvalue weighted by atomic mass is 9.99. The van der Waals surface area contributed by atoms with Gasteiger partial charge in [0, 0.05) is 28.7 Å². The highest BCUT2D eigenvalue weighted by Gasteiger charge is 2.45.